The van der Waals surface area contributed by atoms with E-state index in [1.165, 1.54) is 32.1 Å². The van der Waals surface area contributed by atoms with Gasteiger partial charge in [0.05, 0.1) is 0 Å². The largest absolute Gasteiger partial charge is 0.313 e. The molecule has 104 valence electrons. The fourth-order valence-corrected chi connectivity index (χ4v) is 2.17. The lowest BCUT2D eigenvalue weighted by atomic mass is 9.78. The molecule has 0 fully saturated rings. The second-order valence-electron chi connectivity index (χ2n) is 7.30. The Kier molecular flexibility index (Phi) is 7.39. The Bertz CT molecular complexity index is 188. The molecule has 1 heteroatoms. The Morgan fingerprint density at radius 1 is 1.00 bits per heavy atom. The molecule has 0 rings (SSSR count). The molecular weight excluding hydrogens is 206 g/mol. The van der Waals surface area contributed by atoms with Crippen molar-refractivity contribution in [3.8, 4) is 0 Å². The van der Waals surface area contributed by atoms with Crippen LogP contribution in [0.3, 0.4) is 0 Å². The molecule has 0 aromatic carbocycles. The Labute approximate surface area is 110 Å². The van der Waals surface area contributed by atoms with Crippen LogP contribution in [0.5, 0.6) is 0 Å². The first kappa shape index (κ1) is 17.0. The number of hydrogen-bond acceptors (Lipinski definition) is 1. The first-order chi connectivity index (χ1) is 7.73. The van der Waals surface area contributed by atoms with Gasteiger partial charge in [0.1, 0.15) is 0 Å². The van der Waals surface area contributed by atoms with Gasteiger partial charge in [0.15, 0.2) is 0 Å². The lowest BCUT2D eigenvalue weighted by molar-refractivity contribution is 0.208. The van der Waals surface area contributed by atoms with Crippen molar-refractivity contribution in [1.82, 2.24) is 5.32 Å². The predicted molar refractivity (Wildman–Crippen MR) is 79.5 cm³/mol. The van der Waals surface area contributed by atoms with E-state index in [4.69, 9.17) is 0 Å². The predicted octanol–water partition coefficient (Wildman–Crippen LogP) is 5.01. The van der Waals surface area contributed by atoms with E-state index in [-0.39, 0.29) is 0 Å². The monoisotopic (exact) mass is 241 g/mol. The highest BCUT2D eigenvalue weighted by Gasteiger charge is 2.27. The van der Waals surface area contributed by atoms with Crippen molar-refractivity contribution in [1.29, 1.82) is 0 Å². The molecular formula is C16H35N. The van der Waals surface area contributed by atoms with Gasteiger partial charge in [0.2, 0.25) is 0 Å². The second-order valence-corrected chi connectivity index (χ2v) is 7.30. The molecule has 0 saturated heterocycles. The van der Waals surface area contributed by atoms with Crippen LogP contribution in [0.4, 0.5) is 0 Å². The van der Waals surface area contributed by atoms with Crippen molar-refractivity contribution in [2.75, 3.05) is 6.54 Å². The summed E-state index contributed by atoms with van der Waals surface area (Å²) in [7, 11) is 0. The van der Waals surface area contributed by atoms with Gasteiger partial charge in [-0.2, -0.15) is 0 Å². The van der Waals surface area contributed by atoms with Crippen molar-refractivity contribution in [3.05, 3.63) is 0 Å². The molecule has 0 aliphatic heterocycles. The van der Waals surface area contributed by atoms with Crippen LogP contribution in [0.2, 0.25) is 0 Å². The highest BCUT2D eigenvalue weighted by atomic mass is 14.9. The number of nitrogens with one attached hydrogen (secondary N) is 1. The molecule has 0 bridgehead atoms. The van der Waals surface area contributed by atoms with Crippen LogP contribution in [0.15, 0.2) is 0 Å². The summed E-state index contributed by atoms with van der Waals surface area (Å²) in [6, 6.07) is 0.676. The van der Waals surface area contributed by atoms with E-state index in [2.05, 4.69) is 53.8 Å². The van der Waals surface area contributed by atoms with E-state index in [9.17, 15) is 0 Å². The minimum atomic E-state index is 0.424. The molecule has 17 heavy (non-hydrogen) atoms. The van der Waals surface area contributed by atoms with Crippen molar-refractivity contribution >= 4 is 0 Å². The van der Waals surface area contributed by atoms with Gasteiger partial charge in [-0.1, -0.05) is 54.9 Å². The molecule has 1 unspecified atom stereocenters. The Balaban J connectivity index is 4.20. The molecule has 1 N–H and O–H groups in total. The molecule has 1 nitrogen and oxygen atoms in total. The Morgan fingerprint density at radius 3 is 2.00 bits per heavy atom. The van der Waals surface area contributed by atoms with Gasteiger partial charge in [-0.15, -0.1) is 0 Å². The van der Waals surface area contributed by atoms with Crippen LogP contribution in [0.1, 0.15) is 80.6 Å². The minimum absolute atomic E-state index is 0.424. The molecule has 0 amide bonds. The molecule has 0 aliphatic carbocycles. The summed E-state index contributed by atoms with van der Waals surface area (Å²) in [5, 5.41) is 3.75. The van der Waals surface area contributed by atoms with E-state index in [1.807, 2.05) is 0 Å². The summed E-state index contributed by atoms with van der Waals surface area (Å²) in [5.41, 5.74) is 0.902. The van der Waals surface area contributed by atoms with Crippen LogP contribution in [0.25, 0.3) is 0 Å². The normalized spacial score (nSPS) is 15.0. The van der Waals surface area contributed by atoms with Crippen LogP contribution in [-0.4, -0.2) is 12.6 Å². The van der Waals surface area contributed by atoms with E-state index in [0.717, 1.165) is 6.54 Å². The van der Waals surface area contributed by atoms with Crippen LogP contribution in [-0.2, 0) is 0 Å². The molecule has 0 saturated carbocycles. The third kappa shape index (κ3) is 7.81. The summed E-state index contributed by atoms with van der Waals surface area (Å²) in [5.74, 6) is 0. The summed E-state index contributed by atoms with van der Waals surface area (Å²) in [6.07, 6.45) is 6.48. The van der Waals surface area contributed by atoms with E-state index in [1.54, 1.807) is 0 Å². The van der Waals surface area contributed by atoms with Crippen molar-refractivity contribution < 1.29 is 0 Å². The van der Waals surface area contributed by atoms with Gasteiger partial charge in [0.25, 0.3) is 0 Å². The Morgan fingerprint density at radius 2 is 1.59 bits per heavy atom. The highest BCUT2D eigenvalue weighted by molar-refractivity contribution is 4.83. The van der Waals surface area contributed by atoms with E-state index in [0.29, 0.717) is 16.9 Å². The van der Waals surface area contributed by atoms with Crippen LogP contribution < -0.4 is 5.32 Å². The molecule has 0 aromatic heterocycles. The van der Waals surface area contributed by atoms with E-state index < -0.39 is 0 Å². The van der Waals surface area contributed by atoms with Crippen molar-refractivity contribution in [2.45, 2.75) is 86.6 Å². The fourth-order valence-electron chi connectivity index (χ4n) is 2.17. The maximum Gasteiger partial charge on any atom is 0.0118 e. The van der Waals surface area contributed by atoms with Gasteiger partial charge in [0, 0.05) is 6.04 Å². The lowest BCUT2D eigenvalue weighted by Crippen LogP contribution is -2.42. The maximum atomic E-state index is 3.75. The van der Waals surface area contributed by atoms with Crippen LogP contribution >= 0.6 is 0 Å². The second kappa shape index (κ2) is 7.41. The summed E-state index contributed by atoms with van der Waals surface area (Å²) in [4.78, 5) is 0. The third-order valence-electron chi connectivity index (χ3n) is 3.91. The zero-order valence-electron chi connectivity index (χ0n) is 13.3. The molecule has 1 atom stereocenters. The molecule has 0 spiro atoms. The SMILES string of the molecule is CCCNC(CCCC(C)(C)C)C(C)(C)CC. The highest BCUT2D eigenvalue weighted by Crippen LogP contribution is 2.30. The minimum Gasteiger partial charge on any atom is -0.313 e. The quantitative estimate of drug-likeness (QED) is 0.630. The van der Waals surface area contributed by atoms with Crippen molar-refractivity contribution in [3.63, 3.8) is 0 Å². The zero-order chi connectivity index (χ0) is 13.5. The third-order valence-corrected chi connectivity index (χ3v) is 3.91. The van der Waals surface area contributed by atoms with Crippen LogP contribution in [0, 0.1) is 10.8 Å². The van der Waals surface area contributed by atoms with Gasteiger partial charge in [-0.25, -0.2) is 0 Å². The smallest absolute Gasteiger partial charge is 0.0118 e. The standard InChI is InChI=1S/C16H35N/c1-8-13-17-14(16(6,7)9-2)11-10-12-15(3,4)5/h14,17H,8-13H2,1-7H3. The molecule has 0 aliphatic rings. The van der Waals surface area contributed by atoms with Gasteiger partial charge < -0.3 is 5.32 Å². The maximum absolute atomic E-state index is 3.75. The van der Waals surface area contributed by atoms with Gasteiger partial charge in [-0.05, 0) is 43.1 Å². The number of hydrogen-bond donors (Lipinski definition) is 1. The van der Waals surface area contributed by atoms with Gasteiger partial charge >= 0.3 is 0 Å². The van der Waals surface area contributed by atoms with E-state index >= 15 is 0 Å². The summed E-state index contributed by atoms with van der Waals surface area (Å²) >= 11 is 0. The first-order valence-electron chi connectivity index (χ1n) is 7.46. The Hall–Kier alpha value is -0.0400. The average Bonchev–Trinajstić information content (AvgIpc) is 2.21. The summed E-state index contributed by atoms with van der Waals surface area (Å²) in [6.45, 7) is 17.5. The molecule has 0 radical (unpaired) electrons. The fraction of sp³-hybridized carbons (Fsp3) is 1.00. The lowest BCUT2D eigenvalue weighted by Gasteiger charge is -2.35. The number of rotatable bonds is 8. The average molecular weight is 241 g/mol. The molecule has 0 aromatic rings. The van der Waals surface area contributed by atoms with Gasteiger partial charge in [-0.3, -0.25) is 0 Å². The van der Waals surface area contributed by atoms with Crippen molar-refractivity contribution in [2.24, 2.45) is 10.8 Å². The topological polar surface area (TPSA) is 12.0 Å². The summed E-state index contributed by atoms with van der Waals surface area (Å²) < 4.78 is 0. The molecule has 0 heterocycles. The zero-order valence-corrected chi connectivity index (χ0v) is 13.3. The first-order valence-corrected chi connectivity index (χ1v) is 7.46.